The lowest BCUT2D eigenvalue weighted by molar-refractivity contribution is -0.139. The highest BCUT2D eigenvalue weighted by atomic mass is 16.2. The molecule has 0 spiro atoms. The van der Waals surface area contributed by atoms with E-state index in [2.05, 4.69) is 17.6 Å². The number of amides is 2. The van der Waals surface area contributed by atoms with Crippen LogP contribution in [-0.4, -0.2) is 24.9 Å². The lowest BCUT2D eigenvalue weighted by Gasteiger charge is -2.18. The molecule has 25 heavy (non-hydrogen) atoms. The normalized spacial score (nSPS) is 10.5. The van der Waals surface area contributed by atoms with Crippen LogP contribution in [0, 0.1) is 0 Å². The first-order valence-corrected chi connectivity index (χ1v) is 8.88. The Morgan fingerprint density at radius 1 is 0.800 bits per heavy atom. The highest BCUT2D eigenvalue weighted by molar-refractivity contribution is 6.35. The molecular formula is C21H26N2O2. The fourth-order valence-corrected chi connectivity index (χ4v) is 2.73. The van der Waals surface area contributed by atoms with Crippen molar-refractivity contribution in [2.45, 2.75) is 32.1 Å². The van der Waals surface area contributed by atoms with Crippen LogP contribution in [0.1, 0.15) is 43.2 Å². The summed E-state index contributed by atoms with van der Waals surface area (Å²) >= 11 is 0. The highest BCUT2D eigenvalue weighted by Crippen LogP contribution is 2.23. The molecule has 2 rings (SSSR count). The summed E-state index contributed by atoms with van der Waals surface area (Å²) in [6, 6.07) is 20.0. The molecule has 0 fully saturated rings. The Hall–Kier alpha value is -2.62. The van der Waals surface area contributed by atoms with Gasteiger partial charge in [0.2, 0.25) is 0 Å². The lowest BCUT2D eigenvalue weighted by atomic mass is 9.91. The molecule has 4 heteroatoms. The molecule has 132 valence electrons. The maximum absolute atomic E-state index is 12.1. The molecule has 0 aliphatic rings. The van der Waals surface area contributed by atoms with E-state index in [0.717, 1.165) is 30.4 Å². The molecule has 0 aliphatic carbocycles. The van der Waals surface area contributed by atoms with Crippen molar-refractivity contribution < 1.29 is 9.59 Å². The number of rotatable bonds is 8. The second-order valence-electron chi connectivity index (χ2n) is 6.05. The van der Waals surface area contributed by atoms with Gasteiger partial charge in [0.25, 0.3) is 0 Å². The SMILES string of the molecule is CCCCCNC(=O)C(=O)NCC(c1ccccc1)c1ccccc1. The maximum atomic E-state index is 12.1. The van der Waals surface area contributed by atoms with Crippen LogP contribution < -0.4 is 10.6 Å². The van der Waals surface area contributed by atoms with Gasteiger partial charge in [-0.3, -0.25) is 9.59 Å². The van der Waals surface area contributed by atoms with Gasteiger partial charge in [0.15, 0.2) is 0 Å². The van der Waals surface area contributed by atoms with E-state index in [4.69, 9.17) is 0 Å². The quantitative estimate of drug-likeness (QED) is 0.573. The third kappa shape index (κ3) is 6.07. The summed E-state index contributed by atoms with van der Waals surface area (Å²) in [4.78, 5) is 23.9. The molecule has 2 amide bonds. The van der Waals surface area contributed by atoms with Crippen LogP contribution in [0.2, 0.25) is 0 Å². The molecule has 0 radical (unpaired) electrons. The molecular weight excluding hydrogens is 312 g/mol. The maximum Gasteiger partial charge on any atom is 0.309 e. The number of carbonyl (C=O) groups excluding carboxylic acids is 2. The fourth-order valence-electron chi connectivity index (χ4n) is 2.73. The van der Waals surface area contributed by atoms with Crippen LogP contribution >= 0.6 is 0 Å². The predicted molar refractivity (Wildman–Crippen MR) is 100 cm³/mol. The average Bonchev–Trinajstić information content (AvgIpc) is 2.67. The molecule has 2 aromatic carbocycles. The van der Waals surface area contributed by atoms with Crippen LogP contribution in [-0.2, 0) is 9.59 Å². The van der Waals surface area contributed by atoms with Crippen LogP contribution in [0.15, 0.2) is 60.7 Å². The Kier molecular flexibility index (Phi) is 7.70. The molecule has 0 saturated heterocycles. The van der Waals surface area contributed by atoms with Crippen molar-refractivity contribution in [2.75, 3.05) is 13.1 Å². The average molecular weight is 338 g/mol. The molecule has 0 saturated carbocycles. The standard InChI is InChI=1S/C21H26N2O2/c1-2-3-10-15-22-20(24)21(25)23-16-19(17-11-6-4-7-12-17)18-13-8-5-9-14-18/h4-9,11-14,19H,2-3,10,15-16H2,1H3,(H,22,24)(H,23,25). The molecule has 4 nitrogen and oxygen atoms in total. The number of hydrogen-bond acceptors (Lipinski definition) is 2. The first-order chi connectivity index (χ1) is 12.2. The number of hydrogen-bond donors (Lipinski definition) is 2. The summed E-state index contributed by atoms with van der Waals surface area (Å²) in [6.07, 6.45) is 3.02. The van der Waals surface area contributed by atoms with Gasteiger partial charge in [0.1, 0.15) is 0 Å². The largest absolute Gasteiger partial charge is 0.348 e. The van der Waals surface area contributed by atoms with E-state index >= 15 is 0 Å². The van der Waals surface area contributed by atoms with E-state index in [1.165, 1.54) is 0 Å². The van der Waals surface area contributed by atoms with Crippen LogP contribution in [0.4, 0.5) is 0 Å². The highest BCUT2D eigenvalue weighted by Gasteiger charge is 2.18. The number of carbonyl (C=O) groups is 2. The number of unbranched alkanes of at least 4 members (excludes halogenated alkanes) is 2. The van der Waals surface area contributed by atoms with Crippen LogP contribution in [0.3, 0.4) is 0 Å². The minimum atomic E-state index is -0.576. The molecule has 0 aromatic heterocycles. The van der Waals surface area contributed by atoms with E-state index < -0.39 is 11.8 Å². The van der Waals surface area contributed by atoms with Crippen molar-refractivity contribution in [2.24, 2.45) is 0 Å². The van der Waals surface area contributed by atoms with Crippen molar-refractivity contribution in [3.05, 3.63) is 71.8 Å². The van der Waals surface area contributed by atoms with Gasteiger partial charge >= 0.3 is 11.8 Å². The number of benzene rings is 2. The molecule has 0 heterocycles. The fraction of sp³-hybridized carbons (Fsp3) is 0.333. The van der Waals surface area contributed by atoms with E-state index in [-0.39, 0.29) is 5.92 Å². The lowest BCUT2D eigenvalue weighted by Crippen LogP contribution is -2.41. The van der Waals surface area contributed by atoms with Gasteiger partial charge in [-0.25, -0.2) is 0 Å². The minimum absolute atomic E-state index is 0.0132. The summed E-state index contributed by atoms with van der Waals surface area (Å²) in [5.74, 6) is -1.12. The number of nitrogens with one attached hydrogen (secondary N) is 2. The van der Waals surface area contributed by atoms with E-state index in [1.54, 1.807) is 0 Å². The third-order valence-electron chi connectivity index (χ3n) is 4.14. The zero-order valence-electron chi connectivity index (χ0n) is 14.7. The van der Waals surface area contributed by atoms with Gasteiger partial charge in [0, 0.05) is 19.0 Å². The summed E-state index contributed by atoms with van der Waals surface area (Å²) in [6.45, 7) is 3.03. The van der Waals surface area contributed by atoms with Crippen molar-refractivity contribution >= 4 is 11.8 Å². The Bertz CT molecular complexity index is 617. The van der Waals surface area contributed by atoms with Crippen LogP contribution in [0.25, 0.3) is 0 Å². The Morgan fingerprint density at radius 3 is 1.84 bits per heavy atom. The first kappa shape index (κ1) is 18.7. The second-order valence-corrected chi connectivity index (χ2v) is 6.05. The van der Waals surface area contributed by atoms with E-state index in [0.29, 0.717) is 13.1 Å². The molecule has 0 atom stereocenters. The minimum Gasteiger partial charge on any atom is -0.348 e. The summed E-state index contributed by atoms with van der Waals surface area (Å²) in [7, 11) is 0. The van der Waals surface area contributed by atoms with Crippen molar-refractivity contribution in [1.29, 1.82) is 0 Å². The second kappa shape index (κ2) is 10.3. The monoisotopic (exact) mass is 338 g/mol. The van der Waals surface area contributed by atoms with Gasteiger partial charge in [-0.05, 0) is 17.5 Å². The van der Waals surface area contributed by atoms with Gasteiger partial charge in [-0.2, -0.15) is 0 Å². The smallest absolute Gasteiger partial charge is 0.309 e. The first-order valence-electron chi connectivity index (χ1n) is 8.88. The Morgan fingerprint density at radius 2 is 1.32 bits per heavy atom. The Balaban J connectivity index is 1.96. The predicted octanol–water partition coefficient (Wildman–Crippen LogP) is 3.24. The molecule has 2 aromatic rings. The molecule has 2 N–H and O–H groups in total. The van der Waals surface area contributed by atoms with Crippen molar-refractivity contribution in [3.8, 4) is 0 Å². The molecule has 0 bridgehead atoms. The molecule has 0 unspecified atom stereocenters. The van der Waals surface area contributed by atoms with Gasteiger partial charge in [0.05, 0.1) is 0 Å². The van der Waals surface area contributed by atoms with Crippen molar-refractivity contribution in [1.82, 2.24) is 10.6 Å². The van der Waals surface area contributed by atoms with Crippen molar-refractivity contribution in [3.63, 3.8) is 0 Å². The van der Waals surface area contributed by atoms with Gasteiger partial charge in [-0.1, -0.05) is 80.4 Å². The van der Waals surface area contributed by atoms with Crippen LogP contribution in [0.5, 0.6) is 0 Å². The van der Waals surface area contributed by atoms with E-state index in [1.807, 2.05) is 60.7 Å². The van der Waals surface area contributed by atoms with Gasteiger partial charge in [-0.15, -0.1) is 0 Å². The Labute approximate surface area is 149 Å². The topological polar surface area (TPSA) is 58.2 Å². The summed E-state index contributed by atoms with van der Waals surface area (Å²) < 4.78 is 0. The summed E-state index contributed by atoms with van der Waals surface area (Å²) in [5, 5.41) is 5.44. The molecule has 0 aliphatic heterocycles. The third-order valence-corrected chi connectivity index (χ3v) is 4.14. The zero-order valence-corrected chi connectivity index (χ0v) is 14.7. The van der Waals surface area contributed by atoms with Gasteiger partial charge < -0.3 is 10.6 Å². The summed E-state index contributed by atoms with van der Waals surface area (Å²) in [5.41, 5.74) is 2.22. The zero-order chi connectivity index (χ0) is 17.9. The van der Waals surface area contributed by atoms with E-state index in [9.17, 15) is 9.59 Å².